The predicted octanol–water partition coefficient (Wildman–Crippen LogP) is 2.37. The molecule has 1 fully saturated rings. The molecule has 1 atom stereocenters. The lowest BCUT2D eigenvalue weighted by atomic mass is 9.91. The van der Waals surface area contributed by atoms with Gasteiger partial charge in [0.2, 0.25) is 0 Å². The maximum Gasteiger partial charge on any atom is 0.000905 e. The van der Waals surface area contributed by atoms with E-state index in [4.69, 9.17) is 0 Å². The van der Waals surface area contributed by atoms with Crippen molar-refractivity contribution in [2.75, 3.05) is 20.1 Å². The lowest BCUT2D eigenvalue weighted by Crippen LogP contribution is -2.26. The Bertz CT molecular complexity index is 109. The molecule has 1 nitrogen and oxygen atoms in total. The van der Waals surface area contributed by atoms with Crippen LogP contribution in [0.1, 0.15) is 33.1 Å². The smallest absolute Gasteiger partial charge is 0.000905 e. The number of nitrogens with zero attached hydrogens (tertiary/aromatic N) is 1. The van der Waals surface area contributed by atoms with Gasteiger partial charge >= 0.3 is 0 Å². The summed E-state index contributed by atoms with van der Waals surface area (Å²) in [5.41, 5.74) is 0. The molecule has 11 heavy (non-hydrogen) atoms. The lowest BCUT2D eigenvalue weighted by Gasteiger charge is -2.22. The van der Waals surface area contributed by atoms with Crippen LogP contribution in [0, 0.1) is 11.8 Å². The molecular weight excluding hydrogens is 134 g/mol. The third-order valence-corrected chi connectivity index (χ3v) is 2.85. The number of hydrogen-bond acceptors (Lipinski definition) is 1. The molecule has 1 rings (SSSR count). The van der Waals surface area contributed by atoms with Crippen molar-refractivity contribution in [3.05, 3.63) is 0 Å². The van der Waals surface area contributed by atoms with Crippen molar-refractivity contribution in [1.29, 1.82) is 0 Å². The van der Waals surface area contributed by atoms with Crippen LogP contribution in [-0.2, 0) is 0 Å². The van der Waals surface area contributed by atoms with Crippen LogP contribution in [0.2, 0.25) is 0 Å². The Hall–Kier alpha value is -0.0400. The molecule has 66 valence electrons. The Morgan fingerprint density at radius 1 is 1.27 bits per heavy atom. The fraction of sp³-hybridized carbons (Fsp3) is 1.00. The van der Waals surface area contributed by atoms with Gasteiger partial charge in [0, 0.05) is 6.54 Å². The number of hydrogen-bond donors (Lipinski definition) is 0. The Morgan fingerprint density at radius 2 is 2.00 bits per heavy atom. The zero-order valence-electron chi connectivity index (χ0n) is 8.14. The summed E-state index contributed by atoms with van der Waals surface area (Å²) in [7, 11) is 2.25. The highest BCUT2D eigenvalue weighted by Crippen LogP contribution is 2.21. The highest BCUT2D eigenvalue weighted by molar-refractivity contribution is 4.70. The highest BCUT2D eigenvalue weighted by atomic mass is 15.1. The summed E-state index contributed by atoms with van der Waals surface area (Å²) >= 11 is 0. The quantitative estimate of drug-likeness (QED) is 0.562. The summed E-state index contributed by atoms with van der Waals surface area (Å²) in [6.45, 7) is 7.33. The highest BCUT2D eigenvalue weighted by Gasteiger charge is 2.17. The molecule has 1 heterocycles. The Labute approximate surface area is 70.8 Å². The largest absolute Gasteiger partial charge is 0.306 e. The van der Waals surface area contributed by atoms with Gasteiger partial charge in [-0.3, -0.25) is 0 Å². The Morgan fingerprint density at radius 3 is 2.64 bits per heavy atom. The van der Waals surface area contributed by atoms with Crippen molar-refractivity contribution in [1.82, 2.24) is 4.90 Å². The second-order valence-electron chi connectivity index (χ2n) is 4.26. The van der Waals surface area contributed by atoms with Crippen LogP contribution in [0.4, 0.5) is 0 Å². The molecule has 1 aliphatic rings. The van der Waals surface area contributed by atoms with Gasteiger partial charge in [0.1, 0.15) is 0 Å². The van der Waals surface area contributed by atoms with Crippen LogP contribution in [-0.4, -0.2) is 25.0 Å². The SMILES string of the molecule is CC(C)[C@@H]1CCCCN(C)C1. The van der Waals surface area contributed by atoms with Crippen LogP contribution in [0.3, 0.4) is 0 Å². The molecule has 0 aromatic rings. The van der Waals surface area contributed by atoms with Gasteiger partial charge in [-0.1, -0.05) is 20.3 Å². The third-order valence-electron chi connectivity index (χ3n) is 2.85. The van der Waals surface area contributed by atoms with Gasteiger partial charge in [0.25, 0.3) is 0 Å². The molecule has 1 aliphatic heterocycles. The first-order valence-electron chi connectivity index (χ1n) is 4.88. The van der Waals surface area contributed by atoms with Gasteiger partial charge in [0.15, 0.2) is 0 Å². The molecule has 0 aliphatic carbocycles. The van der Waals surface area contributed by atoms with Crippen molar-refractivity contribution in [3.8, 4) is 0 Å². The van der Waals surface area contributed by atoms with Gasteiger partial charge in [-0.25, -0.2) is 0 Å². The summed E-state index contributed by atoms with van der Waals surface area (Å²) in [5.74, 6) is 1.82. The topological polar surface area (TPSA) is 3.24 Å². The average Bonchev–Trinajstić information content (AvgIpc) is 2.13. The molecule has 0 spiro atoms. The molecule has 0 amide bonds. The van der Waals surface area contributed by atoms with E-state index in [1.165, 1.54) is 32.4 Å². The molecule has 0 N–H and O–H groups in total. The van der Waals surface area contributed by atoms with Gasteiger partial charge in [-0.05, 0) is 38.3 Å². The fourth-order valence-corrected chi connectivity index (χ4v) is 1.92. The molecule has 0 aromatic carbocycles. The summed E-state index contributed by atoms with van der Waals surface area (Å²) in [5, 5.41) is 0. The first-order chi connectivity index (χ1) is 5.20. The minimum Gasteiger partial charge on any atom is -0.306 e. The van der Waals surface area contributed by atoms with Gasteiger partial charge in [-0.15, -0.1) is 0 Å². The lowest BCUT2D eigenvalue weighted by molar-refractivity contribution is 0.255. The van der Waals surface area contributed by atoms with Crippen molar-refractivity contribution in [2.24, 2.45) is 11.8 Å². The second kappa shape index (κ2) is 4.10. The van der Waals surface area contributed by atoms with E-state index in [0.717, 1.165) is 11.8 Å². The van der Waals surface area contributed by atoms with Crippen LogP contribution in [0.15, 0.2) is 0 Å². The second-order valence-corrected chi connectivity index (χ2v) is 4.26. The van der Waals surface area contributed by atoms with E-state index in [1.807, 2.05) is 0 Å². The van der Waals surface area contributed by atoms with E-state index < -0.39 is 0 Å². The zero-order chi connectivity index (χ0) is 8.27. The molecule has 0 aromatic heterocycles. The van der Waals surface area contributed by atoms with E-state index in [0.29, 0.717) is 0 Å². The molecule has 0 radical (unpaired) electrons. The Balaban J connectivity index is 2.39. The van der Waals surface area contributed by atoms with Crippen LogP contribution >= 0.6 is 0 Å². The first-order valence-corrected chi connectivity index (χ1v) is 4.88. The van der Waals surface area contributed by atoms with Crippen molar-refractivity contribution in [3.63, 3.8) is 0 Å². The maximum absolute atomic E-state index is 2.48. The van der Waals surface area contributed by atoms with Crippen LogP contribution in [0.25, 0.3) is 0 Å². The van der Waals surface area contributed by atoms with Crippen molar-refractivity contribution >= 4 is 0 Å². The van der Waals surface area contributed by atoms with E-state index in [9.17, 15) is 0 Å². The molecule has 1 heteroatoms. The summed E-state index contributed by atoms with van der Waals surface area (Å²) < 4.78 is 0. The molecule has 0 saturated carbocycles. The minimum absolute atomic E-state index is 0.871. The summed E-state index contributed by atoms with van der Waals surface area (Å²) in [6.07, 6.45) is 4.29. The average molecular weight is 155 g/mol. The predicted molar refractivity (Wildman–Crippen MR) is 49.7 cm³/mol. The molecular formula is C10H21N. The van der Waals surface area contributed by atoms with E-state index >= 15 is 0 Å². The van der Waals surface area contributed by atoms with Crippen molar-refractivity contribution in [2.45, 2.75) is 33.1 Å². The van der Waals surface area contributed by atoms with E-state index in [-0.39, 0.29) is 0 Å². The Kier molecular flexibility index (Phi) is 3.38. The monoisotopic (exact) mass is 155 g/mol. The first kappa shape index (κ1) is 9.05. The third kappa shape index (κ3) is 2.82. The summed E-state index contributed by atoms with van der Waals surface area (Å²) in [6, 6.07) is 0. The van der Waals surface area contributed by atoms with Crippen LogP contribution in [0.5, 0.6) is 0 Å². The van der Waals surface area contributed by atoms with Gasteiger partial charge in [0.05, 0.1) is 0 Å². The van der Waals surface area contributed by atoms with Gasteiger partial charge in [-0.2, -0.15) is 0 Å². The van der Waals surface area contributed by atoms with Crippen molar-refractivity contribution < 1.29 is 0 Å². The van der Waals surface area contributed by atoms with Crippen LogP contribution < -0.4 is 0 Å². The normalized spacial score (nSPS) is 28.9. The number of likely N-dealkylation sites (tertiary alicyclic amines) is 1. The molecule has 0 unspecified atom stereocenters. The minimum atomic E-state index is 0.871. The fourth-order valence-electron chi connectivity index (χ4n) is 1.92. The van der Waals surface area contributed by atoms with E-state index in [2.05, 4.69) is 25.8 Å². The number of rotatable bonds is 1. The molecule has 0 bridgehead atoms. The zero-order valence-corrected chi connectivity index (χ0v) is 8.14. The van der Waals surface area contributed by atoms with E-state index in [1.54, 1.807) is 0 Å². The summed E-state index contributed by atoms with van der Waals surface area (Å²) in [4.78, 5) is 2.48. The van der Waals surface area contributed by atoms with Gasteiger partial charge < -0.3 is 4.90 Å². The maximum atomic E-state index is 2.48. The standard InChI is InChI=1S/C10H21N/c1-9(2)10-6-4-5-7-11(3)8-10/h9-10H,4-8H2,1-3H3/t10-/m1/s1. The molecule has 1 saturated heterocycles.